The Bertz CT molecular complexity index is 364. The molecule has 0 fully saturated rings. The van der Waals surface area contributed by atoms with Gasteiger partial charge >= 0.3 is 5.97 Å². The van der Waals surface area contributed by atoms with Gasteiger partial charge in [-0.3, -0.25) is 0 Å². The van der Waals surface area contributed by atoms with Crippen molar-refractivity contribution >= 4 is 34.3 Å². The van der Waals surface area contributed by atoms with Gasteiger partial charge < -0.3 is 10.5 Å². The van der Waals surface area contributed by atoms with Crippen LogP contribution in [0.5, 0.6) is 0 Å². The first-order chi connectivity index (χ1) is 7.56. The van der Waals surface area contributed by atoms with Crippen molar-refractivity contribution in [3.63, 3.8) is 0 Å². The molecule has 0 bridgehead atoms. The molecule has 0 radical (unpaired) electrons. The molecular weight excluding hydrogens is 314 g/mol. The standard InChI is InChI=1S/C10H12BrFN2O2.ClH/c1-2-16-10(15)8(12)9(13)6-3-4-7(11)14-5-6;/h3-5,8-9H,2,13H2,1H3;1H/t8?,9-;/m0./s1. The highest BCUT2D eigenvalue weighted by molar-refractivity contribution is 9.10. The summed E-state index contributed by atoms with van der Waals surface area (Å²) >= 11 is 3.15. The summed E-state index contributed by atoms with van der Waals surface area (Å²) < 4.78 is 18.7. The van der Waals surface area contributed by atoms with E-state index in [1.807, 2.05) is 0 Å². The van der Waals surface area contributed by atoms with E-state index in [1.54, 1.807) is 19.1 Å². The number of aromatic nitrogens is 1. The number of nitrogens with two attached hydrogens (primary N) is 1. The minimum absolute atomic E-state index is 0. The number of hydrogen-bond acceptors (Lipinski definition) is 4. The number of rotatable bonds is 4. The summed E-state index contributed by atoms with van der Waals surface area (Å²) in [5.41, 5.74) is 6.04. The fourth-order valence-electron chi connectivity index (χ4n) is 1.12. The maximum atomic E-state index is 13.5. The van der Waals surface area contributed by atoms with Gasteiger partial charge in [-0.15, -0.1) is 12.4 Å². The van der Waals surface area contributed by atoms with Crippen LogP contribution >= 0.6 is 28.3 Å². The van der Waals surface area contributed by atoms with Crippen LogP contribution in [-0.4, -0.2) is 23.7 Å². The Morgan fingerprint density at radius 3 is 2.76 bits per heavy atom. The molecule has 0 saturated carbocycles. The number of alkyl halides is 1. The Hall–Kier alpha value is -0.720. The van der Waals surface area contributed by atoms with Crippen molar-refractivity contribution in [1.82, 2.24) is 4.98 Å². The van der Waals surface area contributed by atoms with Crippen LogP contribution in [0.15, 0.2) is 22.9 Å². The van der Waals surface area contributed by atoms with E-state index in [-0.39, 0.29) is 19.0 Å². The zero-order valence-corrected chi connectivity index (χ0v) is 11.5. The molecule has 0 aliphatic carbocycles. The van der Waals surface area contributed by atoms with Gasteiger partial charge in [0.25, 0.3) is 0 Å². The summed E-state index contributed by atoms with van der Waals surface area (Å²) in [6.45, 7) is 1.74. The molecule has 0 amide bonds. The summed E-state index contributed by atoms with van der Waals surface area (Å²) in [7, 11) is 0. The molecule has 2 N–H and O–H groups in total. The van der Waals surface area contributed by atoms with E-state index in [2.05, 4.69) is 25.7 Å². The largest absolute Gasteiger partial charge is 0.464 e. The van der Waals surface area contributed by atoms with E-state index in [0.29, 0.717) is 10.2 Å². The minimum Gasteiger partial charge on any atom is -0.464 e. The van der Waals surface area contributed by atoms with Gasteiger partial charge in [0.05, 0.1) is 12.6 Å². The molecule has 96 valence electrons. The Balaban J connectivity index is 0.00000256. The second-order valence-corrected chi connectivity index (χ2v) is 3.91. The molecular formula is C10H13BrClFN2O2. The molecule has 0 aliphatic heterocycles. The third kappa shape index (κ3) is 4.57. The SMILES string of the molecule is CCOC(=O)C(F)[C@@H](N)c1ccc(Br)nc1.Cl. The molecule has 1 rings (SSSR count). The van der Waals surface area contributed by atoms with Gasteiger partial charge in [0.15, 0.2) is 0 Å². The van der Waals surface area contributed by atoms with Crippen LogP contribution in [0.2, 0.25) is 0 Å². The van der Waals surface area contributed by atoms with Crippen molar-refractivity contribution in [2.24, 2.45) is 5.73 Å². The lowest BCUT2D eigenvalue weighted by Crippen LogP contribution is -2.31. The number of halogens is 3. The summed E-state index contributed by atoms with van der Waals surface area (Å²) in [5, 5.41) is 0. The van der Waals surface area contributed by atoms with Crippen LogP contribution in [0.25, 0.3) is 0 Å². The zero-order valence-electron chi connectivity index (χ0n) is 9.10. The number of ether oxygens (including phenoxy) is 1. The number of carbonyl (C=O) groups excluding carboxylic acids is 1. The number of nitrogens with zero attached hydrogens (tertiary/aromatic N) is 1. The number of hydrogen-bond donors (Lipinski definition) is 1. The van der Waals surface area contributed by atoms with Gasteiger partial charge in [0.1, 0.15) is 4.60 Å². The van der Waals surface area contributed by atoms with Crippen molar-refractivity contribution in [3.8, 4) is 0 Å². The lowest BCUT2D eigenvalue weighted by Gasteiger charge is -2.15. The normalized spacial score (nSPS) is 13.4. The lowest BCUT2D eigenvalue weighted by molar-refractivity contribution is -0.149. The quantitative estimate of drug-likeness (QED) is 0.680. The number of carbonyl (C=O) groups is 1. The van der Waals surface area contributed by atoms with Gasteiger partial charge in [-0.1, -0.05) is 6.07 Å². The summed E-state index contributed by atoms with van der Waals surface area (Å²) in [5.74, 6) is -0.946. The van der Waals surface area contributed by atoms with Crippen LogP contribution in [0.3, 0.4) is 0 Å². The van der Waals surface area contributed by atoms with Gasteiger partial charge in [-0.2, -0.15) is 0 Å². The highest BCUT2D eigenvalue weighted by atomic mass is 79.9. The predicted octanol–water partition coefficient (Wildman–Crippen LogP) is 2.17. The smallest absolute Gasteiger partial charge is 0.342 e. The summed E-state index contributed by atoms with van der Waals surface area (Å²) in [6.07, 6.45) is -0.455. The van der Waals surface area contributed by atoms with E-state index >= 15 is 0 Å². The maximum absolute atomic E-state index is 13.5. The van der Waals surface area contributed by atoms with Gasteiger partial charge in [-0.25, -0.2) is 14.2 Å². The molecule has 4 nitrogen and oxygen atoms in total. The lowest BCUT2D eigenvalue weighted by atomic mass is 10.1. The van der Waals surface area contributed by atoms with Gasteiger partial charge in [0, 0.05) is 6.20 Å². The van der Waals surface area contributed by atoms with Gasteiger partial charge in [-0.05, 0) is 34.5 Å². The Morgan fingerprint density at radius 2 is 2.29 bits per heavy atom. The molecule has 1 aromatic heterocycles. The third-order valence-electron chi connectivity index (χ3n) is 1.96. The first-order valence-corrected chi connectivity index (χ1v) is 5.53. The zero-order chi connectivity index (χ0) is 12.1. The Kier molecular flexibility index (Phi) is 7.26. The average molecular weight is 328 g/mol. The second-order valence-electron chi connectivity index (χ2n) is 3.09. The number of pyridine rings is 1. The maximum Gasteiger partial charge on any atom is 0.342 e. The van der Waals surface area contributed by atoms with Crippen molar-refractivity contribution < 1.29 is 13.9 Å². The molecule has 17 heavy (non-hydrogen) atoms. The third-order valence-corrected chi connectivity index (χ3v) is 2.43. The molecule has 0 spiro atoms. The van der Waals surface area contributed by atoms with Crippen molar-refractivity contribution in [1.29, 1.82) is 0 Å². The monoisotopic (exact) mass is 326 g/mol. The first kappa shape index (κ1) is 16.3. The van der Waals surface area contributed by atoms with Crippen molar-refractivity contribution in [2.75, 3.05) is 6.61 Å². The molecule has 2 atom stereocenters. The molecule has 1 aromatic rings. The molecule has 0 aromatic carbocycles. The Morgan fingerprint density at radius 1 is 1.65 bits per heavy atom. The van der Waals surface area contributed by atoms with E-state index in [9.17, 15) is 9.18 Å². The van der Waals surface area contributed by atoms with Crippen molar-refractivity contribution in [2.45, 2.75) is 19.1 Å². The summed E-state index contributed by atoms with van der Waals surface area (Å²) in [6, 6.07) is 2.18. The predicted molar refractivity (Wildman–Crippen MR) is 67.6 cm³/mol. The van der Waals surface area contributed by atoms with Crippen LogP contribution in [0.4, 0.5) is 4.39 Å². The molecule has 1 unspecified atom stereocenters. The summed E-state index contributed by atoms with van der Waals surface area (Å²) in [4.78, 5) is 15.0. The topological polar surface area (TPSA) is 65.2 Å². The van der Waals surface area contributed by atoms with E-state index in [1.165, 1.54) is 6.20 Å². The fourth-order valence-corrected chi connectivity index (χ4v) is 1.36. The van der Waals surface area contributed by atoms with Crippen LogP contribution in [0.1, 0.15) is 18.5 Å². The molecule has 0 aliphatic rings. The van der Waals surface area contributed by atoms with Crippen LogP contribution in [-0.2, 0) is 9.53 Å². The van der Waals surface area contributed by atoms with Gasteiger partial charge in [0.2, 0.25) is 6.17 Å². The van der Waals surface area contributed by atoms with E-state index in [0.717, 1.165) is 0 Å². The van der Waals surface area contributed by atoms with Crippen LogP contribution in [0, 0.1) is 0 Å². The molecule has 0 saturated heterocycles. The van der Waals surface area contributed by atoms with Crippen LogP contribution < -0.4 is 5.73 Å². The fraction of sp³-hybridized carbons (Fsp3) is 0.400. The molecule has 7 heteroatoms. The highest BCUT2D eigenvalue weighted by Crippen LogP contribution is 2.18. The van der Waals surface area contributed by atoms with E-state index < -0.39 is 18.2 Å². The van der Waals surface area contributed by atoms with Crippen molar-refractivity contribution in [3.05, 3.63) is 28.5 Å². The molecule has 1 heterocycles. The first-order valence-electron chi connectivity index (χ1n) is 4.74. The van der Waals surface area contributed by atoms with E-state index in [4.69, 9.17) is 5.73 Å². The minimum atomic E-state index is -1.87. The average Bonchev–Trinajstić information content (AvgIpc) is 2.28. The highest BCUT2D eigenvalue weighted by Gasteiger charge is 2.27. The Labute approximate surface area is 113 Å². The number of esters is 1. The second kappa shape index (κ2) is 7.58.